The molecule has 1 heteroatoms. The number of allylic oxidation sites excluding steroid dienone is 2. The number of fused-ring (bicyclic) bond motifs is 1. The molecule has 13 heavy (non-hydrogen) atoms. The van der Waals surface area contributed by atoms with Crippen molar-refractivity contribution in [3.63, 3.8) is 0 Å². The summed E-state index contributed by atoms with van der Waals surface area (Å²) < 4.78 is 0. The van der Waals surface area contributed by atoms with E-state index in [0.29, 0.717) is 0 Å². The second-order valence-corrected chi connectivity index (χ2v) is 11.2. The Morgan fingerprint density at radius 3 is 1.77 bits per heavy atom. The van der Waals surface area contributed by atoms with E-state index in [2.05, 4.69) is 31.8 Å². The van der Waals surface area contributed by atoms with Crippen molar-refractivity contribution in [1.82, 2.24) is 0 Å². The van der Waals surface area contributed by atoms with Gasteiger partial charge in [-0.25, -0.2) is 0 Å². The highest BCUT2D eigenvalue weighted by Crippen LogP contribution is 2.62. The molecule has 0 aromatic rings. The van der Waals surface area contributed by atoms with Crippen molar-refractivity contribution < 1.29 is 0 Å². The lowest BCUT2D eigenvalue weighted by atomic mass is 10.1. The molecule has 0 amide bonds. The summed E-state index contributed by atoms with van der Waals surface area (Å²) in [5, 5.41) is 0. The van der Waals surface area contributed by atoms with Gasteiger partial charge in [0.15, 0.2) is 0 Å². The summed E-state index contributed by atoms with van der Waals surface area (Å²) >= 11 is 0. The van der Waals surface area contributed by atoms with Gasteiger partial charge in [0.2, 0.25) is 0 Å². The average Bonchev–Trinajstić information content (AvgIpc) is 2.59. The molecule has 2 aliphatic rings. The fourth-order valence-corrected chi connectivity index (χ4v) is 6.62. The minimum atomic E-state index is -0.824. The number of hydrogen-bond acceptors (Lipinski definition) is 0. The van der Waals surface area contributed by atoms with E-state index in [4.69, 9.17) is 0 Å². The fourth-order valence-electron chi connectivity index (χ4n) is 3.33. The summed E-state index contributed by atoms with van der Waals surface area (Å²) in [5.41, 5.74) is 1.16. The van der Waals surface area contributed by atoms with Crippen molar-refractivity contribution >= 4 is 8.07 Å². The highest BCUT2D eigenvalue weighted by Gasteiger charge is 2.54. The van der Waals surface area contributed by atoms with Crippen molar-refractivity contribution in [1.29, 1.82) is 0 Å². The van der Waals surface area contributed by atoms with E-state index >= 15 is 0 Å². The molecule has 0 heterocycles. The largest absolute Gasteiger partial charge is 0.0885 e. The van der Waals surface area contributed by atoms with Crippen LogP contribution in [0.2, 0.25) is 25.2 Å². The summed E-state index contributed by atoms with van der Waals surface area (Å²) in [6, 6.07) is 0. The maximum Gasteiger partial charge on any atom is 0.0479 e. The first-order valence-electron chi connectivity index (χ1n) is 5.76. The van der Waals surface area contributed by atoms with Crippen LogP contribution in [0.25, 0.3) is 0 Å². The quantitative estimate of drug-likeness (QED) is 0.436. The molecule has 0 saturated heterocycles. The Labute approximate surface area is 83.4 Å². The van der Waals surface area contributed by atoms with Gasteiger partial charge in [-0.2, -0.15) is 0 Å². The molecule has 1 fully saturated rings. The van der Waals surface area contributed by atoms with Crippen LogP contribution in [0.15, 0.2) is 12.2 Å². The first-order valence-corrected chi connectivity index (χ1v) is 9.33. The highest BCUT2D eigenvalue weighted by molar-refractivity contribution is 6.78. The maximum absolute atomic E-state index is 2.55. The Balaban J connectivity index is 1.99. The van der Waals surface area contributed by atoms with Crippen LogP contribution in [-0.4, -0.2) is 8.07 Å². The summed E-state index contributed by atoms with van der Waals surface area (Å²) in [6.45, 7) is 7.65. The van der Waals surface area contributed by atoms with E-state index < -0.39 is 8.07 Å². The molecular formula is C12H22Si. The van der Waals surface area contributed by atoms with Gasteiger partial charge in [-0.05, 0) is 43.1 Å². The van der Waals surface area contributed by atoms with Crippen LogP contribution in [0, 0.1) is 11.8 Å². The van der Waals surface area contributed by atoms with Gasteiger partial charge in [0, 0.05) is 8.07 Å². The monoisotopic (exact) mass is 194 g/mol. The Hall–Kier alpha value is -0.0431. The van der Waals surface area contributed by atoms with Crippen LogP contribution in [0.5, 0.6) is 0 Å². The predicted octanol–water partition coefficient (Wildman–Crippen LogP) is 4.07. The van der Waals surface area contributed by atoms with E-state index in [0.717, 1.165) is 17.4 Å². The topological polar surface area (TPSA) is 0 Å². The zero-order chi connectivity index (χ0) is 9.47. The van der Waals surface area contributed by atoms with Crippen LogP contribution < -0.4 is 0 Å². The van der Waals surface area contributed by atoms with Crippen LogP contribution in [0.4, 0.5) is 0 Å². The van der Waals surface area contributed by atoms with Crippen molar-refractivity contribution in [3.05, 3.63) is 12.2 Å². The van der Waals surface area contributed by atoms with Gasteiger partial charge in [-0.1, -0.05) is 31.8 Å². The molecule has 3 atom stereocenters. The minimum Gasteiger partial charge on any atom is -0.0885 e. The summed E-state index contributed by atoms with van der Waals surface area (Å²) in [4.78, 5) is 0. The maximum atomic E-state index is 2.55. The normalized spacial score (nSPS) is 41.6. The Kier molecular flexibility index (Phi) is 2.39. The van der Waals surface area contributed by atoms with E-state index in [1.165, 1.54) is 25.7 Å². The second kappa shape index (κ2) is 3.27. The lowest BCUT2D eigenvalue weighted by molar-refractivity contribution is 0.605. The molecule has 0 nitrogen and oxygen atoms in total. The Morgan fingerprint density at radius 2 is 1.38 bits per heavy atom. The molecule has 74 valence electrons. The van der Waals surface area contributed by atoms with Gasteiger partial charge in [-0.15, -0.1) is 0 Å². The van der Waals surface area contributed by atoms with Gasteiger partial charge < -0.3 is 0 Å². The molecule has 0 aromatic heterocycles. The summed E-state index contributed by atoms with van der Waals surface area (Å²) in [5.74, 6) is 2.24. The van der Waals surface area contributed by atoms with Crippen molar-refractivity contribution in [2.75, 3.05) is 0 Å². The average molecular weight is 194 g/mol. The predicted molar refractivity (Wildman–Crippen MR) is 61.7 cm³/mol. The Bertz CT molecular complexity index is 196. The molecule has 1 saturated carbocycles. The zero-order valence-electron chi connectivity index (χ0n) is 9.22. The van der Waals surface area contributed by atoms with Crippen molar-refractivity contribution in [2.45, 2.75) is 50.9 Å². The fraction of sp³-hybridized carbons (Fsp3) is 0.833. The molecule has 2 aliphatic carbocycles. The van der Waals surface area contributed by atoms with Gasteiger partial charge >= 0.3 is 0 Å². The van der Waals surface area contributed by atoms with Gasteiger partial charge in [0.25, 0.3) is 0 Å². The first kappa shape index (κ1) is 9.51. The molecule has 1 unspecified atom stereocenters. The van der Waals surface area contributed by atoms with Crippen molar-refractivity contribution in [2.24, 2.45) is 11.8 Å². The van der Waals surface area contributed by atoms with Crippen LogP contribution >= 0.6 is 0 Å². The molecule has 0 spiro atoms. The molecule has 0 aromatic carbocycles. The molecule has 0 aliphatic heterocycles. The van der Waals surface area contributed by atoms with E-state index in [1.54, 1.807) is 0 Å². The SMILES string of the molecule is C[Si](C)(C)C1[C@H]2CC/C=C\CC[C@@H]12. The highest BCUT2D eigenvalue weighted by atomic mass is 28.3. The third kappa shape index (κ3) is 1.90. The number of hydrogen-bond donors (Lipinski definition) is 0. The Morgan fingerprint density at radius 1 is 0.923 bits per heavy atom. The second-order valence-electron chi connectivity index (χ2n) is 5.85. The molecule has 2 rings (SSSR count). The van der Waals surface area contributed by atoms with Crippen LogP contribution in [0.1, 0.15) is 25.7 Å². The molecular weight excluding hydrogens is 172 g/mol. The van der Waals surface area contributed by atoms with Gasteiger partial charge in [0.05, 0.1) is 0 Å². The third-order valence-corrected chi connectivity index (χ3v) is 6.69. The number of rotatable bonds is 1. The third-order valence-electron chi connectivity index (χ3n) is 3.83. The van der Waals surface area contributed by atoms with E-state index in [-0.39, 0.29) is 0 Å². The smallest absolute Gasteiger partial charge is 0.0479 e. The summed E-state index contributed by atoms with van der Waals surface area (Å²) in [6.07, 6.45) is 10.5. The summed E-state index contributed by atoms with van der Waals surface area (Å²) in [7, 11) is -0.824. The molecule has 0 radical (unpaired) electrons. The lowest BCUT2D eigenvalue weighted by Gasteiger charge is -2.15. The van der Waals surface area contributed by atoms with E-state index in [1.807, 2.05) is 0 Å². The van der Waals surface area contributed by atoms with Crippen molar-refractivity contribution in [3.8, 4) is 0 Å². The van der Waals surface area contributed by atoms with Gasteiger partial charge in [-0.3, -0.25) is 0 Å². The first-order chi connectivity index (χ1) is 6.11. The van der Waals surface area contributed by atoms with Gasteiger partial charge in [0.1, 0.15) is 0 Å². The standard InChI is InChI=1S/C12H22Si/c1-13(2,3)12-10-8-6-4-5-7-9-11(10)12/h4-5,10-12H,6-9H2,1-3H3/b5-4-/t10-,11+,12?. The zero-order valence-corrected chi connectivity index (χ0v) is 10.2. The molecule has 0 bridgehead atoms. The van der Waals surface area contributed by atoms with Crippen LogP contribution in [-0.2, 0) is 0 Å². The lowest BCUT2D eigenvalue weighted by Crippen LogP contribution is -2.21. The molecule has 0 N–H and O–H groups in total. The van der Waals surface area contributed by atoms with E-state index in [9.17, 15) is 0 Å². The van der Waals surface area contributed by atoms with Crippen LogP contribution in [0.3, 0.4) is 0 Å². The minimum absolute atomic E-state index is 0.824.